The summed E-state index contributed by atoms with van der Waals surface area (Å²) in [6.45, 7) is 3.89. The topological polar surface area (TPSA) is 84.3 Å². The first-order valence-corrected chi connectivity index (χ1v) is 11.0. The Morgan fingerprint density at radius 2 is 1.87 bits per heavy atom. The van der Waals surface area contributed by atoms with Crippen molar-refractivity contribution in [3.8, 4) is 0 Å². The van der Waals surface area contributed by atoms with Crippen LogP contribution in [0, 0.1) is 13.8 Å². The van der Waals surface area contributed by atoms with Gasteiger partial charge in [-0.05, 0) is 48.7 Å². The minimum absolute atomic E-state index is 0.113. The number of aryl methyl sites for hydroxylation is 1. The Labute approximate surface area is 181 Å². The lowest BCUT2D eigenvalue weighted by Crippen LogP contribution is -2.24. The van der Waals surface area contributed by atoms with Gasteiger partial charge in [-0.25, -0.2) is 17.4 Å². The molecule has 0 saturated carbocycles. The highest BCUT2D eigenvalue weighted by Crippen LogP contribution is 2.24. The summed E-state index contributed by atoms with van der Waals surface area (Å²) in [7, 11) is -0.756. The van der Waals surface area contributed by atoms with E-state index in [1.807, 2.05) is 18.2 Å². The quantitative estimate of drug-likeness (QED) is 0.625. The van der Waals surface area contributed by atoms with E-state index in [4.69, 9.17) is 11.6 Å². The first kappa shape index (κ1) is 22.0. The molecule has 158 valence electrons. The molecule has 1 heterocycles. The van der Waals surface area contributed by atoms with Crippen molar-refractivity contribution in [3.63, 3.8) is 0 Å². The Hall–Kier alpha value is -2.68. The largest absolute Gasteiger partial charge is 0.307 e. The first-order chi connectivity index (χ1) is 14.1. The molecule has 1 amide bonds. The van der Waals surface area contributed by atoms with Crippen molar-refractivity contribution in [2.45, 2.75) is 25.3 Å². The number of sulfonamides is 1. The summed E-state index contributed by atoms with van der Waals surface area (Å²) in [5, 5.41) is 7.67. The van der Waals surface area contributed by atoms with Gasteiger partial charge in [-0.3, -0.25) is 4.79 Å². The van der Waals surface area contributed by atoms with Crippen molar-refractivity contribution in [1.29, 1.82) is 0 Å². The van der Waals surface area contributed by atoms with Crippen molar-refractivity contribution >= 4 is 33.3 Å². The molecule has 9 heteroatoms. The Balaban J connectivity index is 1.90. The highest BCUT2D eigenvalue weighted by atomic mass is 35.5. The van der Waals surface area contributed by atoms with Crippen molar-refractivity contribution < 1.29 is 13.2 Å². The van der Waals surface area contributed by atoms with Crippen LogP contribution < -0.4 is 5.32 Å². The van der Waals surface area contributed by atoms with E-state index in [-0.39, 0.29) is 10.5 Å². The zero-order chi connectivity index (χ0) is 22.1. The van der Waals surface area contributed by atoms with Crippen LogP contribution in [0.3, 0.4) is 0 Å². The predicted octanol–water partition coefficient (Wildman–Crippen LogP) is 3.70. The third kappa shape index (κ3) is 4.40. The van der Waals surface area contributed by atoms with Crippen molar-refractivity contribution in [3.05, 3.63) is 75.9 Å². The molecule has 1 N–H and O–H groups in total. The van der Waals surface area contributed by atoms with E-state index in [2.05, 4.69) is 10.4 Å². The van der Waals surface area contributed by atoms with Gasteiger partial charge in [0.05, 0.1) is 17.6 Å². The van der Waals surface area contributed by atoms with Gasteiger partial charge in [0.25, 0.3) is 5.91 Å². The molecule has 0 aliphatic carbocycles. The minimum atomic E-state index is -3.68. The number of amides is 1. The molecule has 0 aliphatic rings. The summed E-state index contributed by atoms with van der Waals surface area (Å²) in [4.78, 5) is 13.0. The first-order valence-electron chi connectivity index (χ1n) is 9.21. The summed E-state index contributed by atoms with van der Waals surface area (Å²) in [6.07, 6.45) is 1.58. The van der Waals surface area contributed by atoms with Crippen molar-refractivity contribution in [1.82, 2.24) is 14.1 Å². The summed E-state index contributed by atoms with van der Waals surface area (Å²) in [6, 6.07) is 12.2. The van der Waals surface area contributed by atoms with E-state index in [0.29, 0.717) is 28.5 Å². The fourth-order valence-electron chi connectivity index (χ4n) is 2.96. The van der Waals surface area contributed by atoms with Crippen molar-refractivity contribution in [2.24, 2.45) is 0 Å². The molecular formula is C21H23ClN4O3S. The normalized spacial score (nSPS) is 11.7. The summed E-state index contributed by atoms with van der Waals surface area (Å²) >= 11 is 6.22. The highest BCUT2D eigenvalue weighted by Gasteiger charge is 2.23. The number of nitrogens with one attached hydrogen (secondary N) is 1. The standard InChI is InChI=1S/C21H23ClN4O3S/c1-14-11-17(12-19(15(14)2)30(28,29)25(3)4)21(27)24-20-9-10-23-26(20)13-16-7-5-6-8-18(16)22/h5-12H,13H2,1-4H3,(H,24,27). The third-order valence-electron chi connectivity index (χ3n) is 4.88. The maximum absolute atomic E-state index is 12.9. The maximum atomic E-state index is 12.9. The Morgan fingerprint density at radius 1 is 1.17 bits per heavy atom. The number of hydrogen-bond acceptors (Lipinski definition) is 4. The number of benzene rings is 2. The Morgan fingerprint density at radius 3 is 2.53 bits per heavy atom. The molecule has 3 aromatic rings. The van der Waals surface area contributed by atoms with Crippen LogP contribution >= 0.6 is 11.6 Å². The van der Waals surface area contributed by atoms with Gasteiger partial charge in [0.15, 0.2) is 0 Å². The van der Waals surface area contributed by atoms with E-state index in [1.54, 1.807) is 42.9 Å². The Kier molecular flexibility index (Phi) is 6.30. The number of nitrogens with zero attached hydrogens (tertiary/aromatic N) is 3. The number of carbonyl (C=O) groups is 1. The second kappa shape index (κ2) is 8.59. The average molecular weight is 447 g/mol. The minimum Gasteiger partial charge on any atom is -0.307 e. The summed E-state index contributed by atoms with van der Waals surface area (Å²) < 4.78 is 28.1. The van der Waals surface area contributed by atoms with Gasteiger partial charge in [0.1, 0.15) is 5.82 Å². The van der Waals surface area contributed by atoms with Crippen LogP contribution in [0.1, 0.15) is 27.0 Å². The molecule has 0 aliphatic heterocycles. The van der Waals surface area contributed by atoms with Gasteiger partial charge >= 0.3 is 0 Å². The molecule has 0 fully saturated rings. The maximum Gasteiger partial charge on any atom is 0.256 e. The van der Waals surface area contributed by atoms with Gasteiger partial charge < -0.3 is 5.32 Å². The third-order valence-corrected chi connectivity index (χ3v) is 7.19. The van der Waals surface area contributed by atoms with Crippen LogP contribution in [0.25, 0.3) is 0 Å². The van der Waals surface area contributed by atoms with E-state index in [1.165, 1.54) is 20.2 Å². The number of halogens is 1. The lowest BCUT2D eigenvalue weighted by atomic mass is 10.1. The zero-order valence-corrected chi connectivity index (χ0v) is 18.8. The Bertz CT molecular complexity index is 1200. The van der Waals surface area contributed by atoms with Crippen LogP contribution in [0.5, 0.6) is 0 Å². The number of hydrogen-bond donors (Lipinski definition) is 1. The van der Waals surface area contributed by atoms with Gasteiger partial charge in [-0.1, -0.05) is 29.8 Å². The SMILES string of the molecule is Cc1cc(C(=O)Nc2ccnn2Cc2ccccc2Cl)cc(S(=O)(=O)N(C)C)c1C. The zero-order valence-electron chi connectivity index (χ0n) is 17.2. The monoisotopic (exact) mass is 446 g/mol. The molecule has 0 spiro atoms. The van der Waals surface area contributed by atoms with Crippen LogP contribution in [0.2, 0.25) is 5.02 Å². The summed E-state index contributed by atoms with van der Waals surface area (Å²) in [5.74, 6) is 0.0596. The van der Waals surface area contributed by atoms with Crippen LogP contribution in [-0.2, 0) is 16.6 Å². The number of aromatic nitrogens is 2. The molecule has 1 aromatic heterocycles. The molecule has 3 rings (SSSR count). The number of carbonyl (C=O) groups excluding carboxylic acids is 1. The van der Waals surface area contributed by atoms with Gasteiger partial charge in [-0.15, -0.1) is 0 Å². The molecule has 0 unspecified atom stereocenters. The lowest BCUT2D eigenvalue weighted by Gasteiger charge is -2.17. The van der Waals surface area contributed by atoms with Gasteiger partial charge in [0, 0.05) is 30.7 Å². The van der Waals surface area contributed by atoms with Crippen molar-refractivity contribution in [2.75, 3.05) is 19.4 Å². The highest BCUT2D eigenvalue weighted by molar-refractivity contribution is 7.89. The predicted molar refractivity (Wildman–Crippen MR) is 118 cm³/mol. The van der Waals surface area contributed by atoms with E-state index >= 15 is 0 Å². The number of rotatable bonds is 6. The fraction of sp³-hybridized carbons (Fsp3) is 0.238. The second-order valence-electron chi connectivity index (χ2n) is 7.12. The average Bonchev–Trinajstić information content (AvgIpc) is 3.11. The van der Waals surface area contributed by atoms with E-state index in [0.717, 1.165) is 9.87 Å². The van der Waals surface area contributed by atoms with Crippen LogP contribution in [0.4, 0.5) is 5.82 Å². The molecule has 0 atom stereocenters. The smallest absolute Gasteiger partial charge is 0.256 e. The molecular weight excluding hydrogens is 424 g/mol. The van der Waals surface area contributed by atoms with E-state index < -0.39 is 15.9 Å². The molecule has 0 radical (unpaired) electrons. The molecule has 2 aromatic carbocycles. The molecule has 7 nitrogen and oxygen atoms in total. The molecule has 0 saturated heterocycles. The van der Waals surface area contributed by atoms with Gasteiger partial charge in [0.2, 0.25) is 10.0 Å². The molecule has 0 bridgehead atoms. The number of anilines is 1. The van der Waals surface area contributed by atoms with Crippen LogP contribution in [-0.4, -0.2) is 42.5 Å². The summed E-state index contributed by atoms with van der Waals surface area (Å²) in [5.41, 5.74) is 2.45. The van der Waals surface area contributed by atoms with Crippen LogP contribution in [0.15, 0.2) is 53.6 Å². The van der Waals surface area contributed by atoms with Gasteiger partial charge in [-0.2, -0.15) is 5.10 Å². The lowest BCUT2D eigenvalue weighted by molar-refractivity contribution is 0.102. The second-order valence-corrected chi connectivity index (χ2v) is 9.65. The fourth-order valence-corrected chi connectivity index (χ4v) is 4.38. The van der Waals surface area contributed by atoms with E-state index in [9.17, 15) is 13.2 Å². The molecule has 30 heavy (non-hydrogen) atoms.